The van der Waals surface area contributed by atoms with E-state index in [1.807, 2.05) is 0 Å². The van der Waals surface area contributed by atoms with Crippen LogP contribution in [0.1, 0.15) is 44.9 Å². The van der Waals surface area contributed by atoms with Crippen molar-refractivity contribution >= 4 is 20.0 Å². The minimum absolute atomic E-state index is 0.00763. The Labute approximate surface area is 144 Å². The summed E-state index contributed by atoms with van der Waals surface area (Å²) in [6, 6.07) is 5.55. The van der Waals surface area contributed by atoms with E-state index in [-0.39, 0.29) is 15.8 Å². The molecule has 6 nitrogen and oxygen atoms in total. The molecule has 134 valence electrons. The van der Waals surface area contributed by atoms with Gasteiger partial charge in [-0.2, -0.15) is 4.31 Å². The summed E-state index contributed by atoms with van der Waals surface area (Å²) in [5.74, 6) is 0. The van der Waals surface area contributed by atoms with Crippen LogP contribution in [-0.2, 0) is 20.0 Å². The Morgan fingerprint density at radius 3 is 1.92 bits per heavy atom. The summed E-state index contributed by atoms with van der Waals surface area (Å²) < 4.78 is 54.1. The summed E-state index contributed by atoms with van der Waals surface area (Å²) in [7, 11) is -7.12. The number of hydrogen-bond acceptors (Lipinski definition) is 4. The number of hydrogen-bond donors (Lipinski definition) is 1. The largest absolute Gasteiger partial charge is 0.243 e. The monoisotopic (exact) mass is 372 g/mol. The Kier molecular flexibility index (Phi) is 5.29. The molecule has 1 aliphatic carbocycles. The van der Waals surface area contributed by atoms with Crippen molar-refractivity contribution in [2.75, 3.05) is 13.1 Å². The van der Waals surface area contributed by atoms with Crippen molar-refractivity contribution < 1.29 is 16.8 Å². The van der Waals surface area contributed by atoms with Gasteiger partial charge in [0.25, 0.3) is 0 Å². The van der Waals surface area contributed by atoms with Gasteiger partial charge in [0.05, 0.1) is 9.79 Å². The molecule has 0 amide bonds. The van der Waals surface area contributed by atoms with Gasteiger partial charge < -0.3 is 0 Å². The number of benzene rings is 1. The summed E-state index contributed by atoms with van der Waals surface area (Å²) in [6.45, 7) is 1.07. The van der Waals surface area contributed by atoms with Crippen molar-refractivity contribution in [2.24, 2.45) is 0 Å². The summed E-state index contributed by atoms with van der Waals surface area (Å²) >= 11 is 0. The molecule has 0 spiro atoms. The fraction of sp³-hybridized carbons (Fsp3) is 0.625. The van der Waals surface area contributed by atoms with Gasteiger partial charge >= 0.3 is 0 Å². The zero-order valence-corrected chi connectivity index (χ0v) is 15.3. The Balaban J connectivity index is 1.77. The van der Waals surface area contributed by atoms with E-state index in [1.165, 1.54) is 28.6 Å². The molecule has 24 heavy (non-hydrogen) atoms. The number of piperidine rings is 1. The minimum atomic E-state index is -3.59. The maximum Gasteiger partial charge on any atom is 0.243 e. The molecule has 1 aromatic rings. The van der Waals surface area contributed by atoms with Gasteiger partial charge in [-0.25, -0.2) is 21.6 Å². The quantitative estimate of drug-likeness (QED) is 0.858. The molecule has 0 atom stereocenters. The number of sulfonamides is 2. The van der Waals surface area contributed by atoms with Crippen LogP contribution in [0.5, 0.6) is 0 Å². The molecule has 8 heteroatoms. The highest BCUT2D eigenvalue weighted by atomic mass is 32.2. The van der Waals surface area contributed by atoms with E-state index in [1.54, 1.807) is 0 Å². The zero-order chi connectivity index (χ0) is 17.2. The van der Waals surface area contributed by atoms with Crippen LogP contribution >= 0.6 is 0 Å². The second-order valence-electron chi connectivity index (χ2n) is 6.54. The lowest BCUT2D eigenvalue weighted by Gasteiger charge is -2.25. The third-order valence-electron chi connectivity index (χ3n) is 4.76. The van der Waals surface area contributed by atoms with Crippen LogP contribution in [0.3, 0.4) is 0 Å². The molecule has 1 aromatic carbocycles. The summed E-state index contributed by atoms with van der Waals surface area (Å²) in [4.78, 5) is 0.274. The first-order chi connectivity index (χ1) is 11.4. The fourth-order valence-corrected chi connectivity index (χ4v) is 6.20. The second kappa shape index (κ2) is 7.11. The molecule has 0 bridgehead atoms. The van der Waals surface area contributed by atoms with Gasteiger partial charge in [-0.15, -0.1) is 0 Å². The van der Waals surface area contributed by atoms with Gasteiger partial charge in [0.15, 0.2) is 0 Å². The second-order valence-corrected chi connectivity index (χ2v) is 10.2. The van der Waals surface area contributed by atoms with Crippen LogP contribution in [0, 0.1) is 0 Å². The average molecular weight is 373 g/mol. The Morgan fingerprint density at radius 2 is 1.33 bits per heavy atom. The lowest BCUT2D eigenvalue weighted by atomic mass is 10.2. The fourth-order valence-electron chi connectivity index (χ4n) is 3.38. The number of nitrogens with zero attached hydrogens (tertiary/aromatic N) is 1. The van der Waals surface area contributed by atoms with Crippen molar-refractivity contribution in [3.8, 4) is 0 Å². The molecule has 3 rings (SSSR count). The molecular formula is C16H24N2O4S2. The molecule has 2 aliphatic rings. The number of rotatable bonds is 5. The highest BCUT2D eigenvalue weighted by molar-refractivity contribution is 7.89. The van der Waals surface area contributed by atoms with Crippen LogP contribution in [0.4, 0.5) is 0 Å². The SMILES string of the molecule is O=S(=O)(NC1CCCC1)c1ccc(S(=O)(=O)N2CCCCC2)cc1. The first-order valence-electron chi connectivity index (χ1n) is 8.52. The summed E-state index contributed by atoms with van der Waals surface area (Å²) in [6.07, 6.45) is 6.60. The van der Waals surface area contributed by atoms with Crippen molar-refractivity contribution in [3.63, 3.8) is 0 Å². The van der Waals surface area contributed by atoms with Crippen molar-refractivity contribution in [1.82, 2.24) is 9.03 Å². The van der Waals surface area contributed by atoms with Crippen LogP contribution in [-0.4, -0.2) is 40.3 Å². The van der Waals surface area contributed by atoms with Gasteiger partial charge in [-0.1, -0.05) is 19.3 Å². The summed E-state index contributed by atoms with van der Waals surface area (Å²) in [5, 5.41) is 0. The summed E-state index contributed by atoms with van der Waals surface area (Å²) in [5.41, 5.74) is 0. The van der Waals surface area contributed by atoms with E-state index in [0.29, 0.717) is 13.1 Å². The van der Waals surface area contributed by atoms with Crippen LogP contribution in [0.15, 0.2) is 34.1 Å². The topological polar surface area (TPSA) is 83.5 Å². The number of nitrogens with one attached hydrogen (secondary N) is 1. The third kappa shape index (κ3) is 3.82. The minimum Gasteiger partial charge on any atom is -0.208 e. The van der Waals surface area contributed by atoms with Crippen LogP contribution in [0.25, 0.3) is 0 Å². The lowest BCUT2D eigenvalue weighted by Crippen LogP contribution is -2.35. The molecule has 1 aliphatic heterocycles. The van der Waals surface area contributed by atoms with Gasteiger partial charge in [0.2, 0.25) is 20.0 Å². The molecule has 1 N–H and O–H groups in total. The highest BCUT2D eigenvalue weighted by Gasteiger charge is 2.27. The predicted octanol–water partition coefficient (Wildman–Crippen LogP) is 2.08. The molecular weight excluding hydrogens is 348 g/mol. The van der Waals surface area contributed by atoms with E-state index in [9.17, 15) is 16.8 Å². The molecule has 0 unspecified atom stereocenters. The van der Waals surface area contributed by atoms with E-state index < -0.39 is 20.0 Å². The Bertz CT molecular complexity index is 761. The van der Waals surface area contributed by atoms with Gasteiger partial charge in [0, 0.05) is 19.1 Å². The van der Waals surface area contributed by atoms with E-state index in [2.05, 4.69) is 4.72 Å². The van der Waals surface area contributed by atoms with Gasteiger partial charge in [-0.05, 0) is 49.9 Å². The molecule has 2 fully saturated rings. The molecule has 1 saturated carbocycles. The molecule has 1 saturated heterocycles. The van der Waals surface area contributed by atoms with Crippen LogP contribution in [0.2, 0.25) is 0 Å². The van der Waals surface area contributed by atoms with Crippen molar-refractivity contribution in [1.29, 1.82) is 0 Å². The molecule has 1 heterocycles. The van der Waals surface area contributed by atoms with Crippen molar-refractivity contribution in [3.05, 3.63) is 24.3 Å². The normalized spacial score (nSPS) is 21.2. The smallest absolute Gasteiger partial charge is 0.208 e. The lowest BCUT2D eigenvalue weighted by molar-refractivity contribution is 0.346. The maximum absolute atomic E-state index is 12.6. The Hall–Kier alpha value is -0.960. The molecule has 0 aromatic heterocycles. The zero-order valence-electron chi connectivity index (χ0n) is 13.6. The van der Waals surface area contributed by atoms with E-state index >= 15 is 0 Å². The van der Waals surface area contributed by atoms with Crippen molar-refractivity contribution in [2.45, 2.75) is 60.8 Å². The average Bonchev–Trinajstić information content (AvgIpc) is 3.08. The van der Waals surface area contributed by atoms with Crippen LogP contribution < -0.4 is 4.72 Å². The third-order valence-corrected chi connectivity index (χ3v) is 8.21. The van der Waals surface area contributed by atoms with E-state index in [0.717, 1.165) is 44.9 Å². The van der Waals surface area contributed by atoms with Gasteiger partial charge in [-0.3, -0.25) is 0 Å². The predicted molar refractivity (Wildman–Crippen MR) is 91.6 cm³/mol. The maximum atomic E-state index is 12.6. The standard InChI is InChI=1S/C16H24N2O4S2/c19-23(20,17-14-6-2-3-7-14)15-8-10-16(11-9-15)24(21,22)18-12-4-1-5-13-18/h8-11,14,17H,1-7,12-13H2. The highest BCUT2D eigenvalue weighted by Crippen LogP contribution is 2.23. The molecule has 0 radical (unpaired) electrons. The van der Waals surface area contributed by atoms with Gasteiger partial charge in [0.1, 0.15) is 0 Å². The first-order valence-corrected chi connectivity index (χ1v) is 11.4. The van der Waals surface area contributed by atoms with E-state index in [4.69, 9.17) is 0 Å². The Morgan fingerprint density at radius 1 is 0.792 bits per heavy atom. The first kappa shape index (κ1) is 17.8.